The zero-order valence-electron chi connectivity index (χ0n) is 10.3. The van der Waals surface area contributed by atoms with Gasteiger partial charge in [0.2, 0.25) is 11.7 Å². The van der Waals surface area contributed by atoms with E-state index in [-0.39, 0.29) is 0 Å². The Labute approximate surface area is 105 Å². The maximum Gasteiger partial charge on any atom is 0.241 e. The fourth-order valence-corrected chi connectivity index (χ4v) is 2.02. The van der Waals surface area contributed by atoms with Crippen LogP contribution in [-0.2, 0) is 13.6 Å². The first-order valence-corrected chi connectivity index (χ1v) is 6.07. The lowest BCUT2D eigenvalue weighted by Gasteiger charge is -2.25. The number of hydrogen-bond acceptors (Lipinski definition) is 6. The highest BCUT2D eigenvalue weighted by Gasteiger charge is 2.15. The maximum absolute atomic E-state index is 5.26. The summed E-state index contributed by atoms with van der Waals surface area (Å²) in [5.74, 6) is 1.21. The van der Waals surface area contributed by atoms with E-state index in [2.05, 4.69) is 25.5 Å². The highest BCUT2D eigenvalue weighted by Crippen LogP contribution is 2.13. The van der Waals surface area contributed by atoms with Crippen LogP contribution in [0.4, 0.5) is 0 Å². The van der Waals surface area contributed by atoms with E-state index in [1.165, 1.54) is 0 Å². The van der Waals surface area contributed by atoms with Crippen molar-refractivity contribution in [3.05, 3.63) is 18.2 Å². The summed E-state index contributed by atoms with van der Waals surface area (Å²) < 4.78 is 6.98. The lowest BCUT2D eigenvalue weighted by molar-refractivity contribution is 0.203. The number of hydrogen-bond donors (Lipinski definition) is 1. The van der Waals surface area contributed by atoms with E-state index >= 15 is 0 Å². The van der Waals surface area contributed by atoms with Crippen LogP contribution >= 0.6 is 0 Å². The number of nitrogens with one attached hydrogen (secondary N) is 1. The highest BCUT2D eigenvalue weighted by molar-refractivity contribution is 5.46. The Hall–Kier alpha value is -1.73. The fraction of sp³-hybridized carbons (Fsp3) is 0.545. The van der Waals surface area contributed by atoms with Crippen LogP contribution in [0.15, 0.2) is 16.8 Å². The molecule has 0 aliphatic carbocycles. The third-order valence-electron chi connectivity index (χ3n) is 2.98. The van der Waals surface area contributed by atoms with Gasteiger partial charge in [-0.1, -0.05) is 5.16 Å². The van der Waals surface area contributed by atoms with Gasteiger partial charge in [0.1, 0.15) is 5.69 Å². The van der Waals surface area contributed by atoms with Crippen molar-refractivity contribution in [3.63, 3.8) is 0 Å². The van der Waals surface area contributed by atoms with Crippen LogP contribution in [0.5, 0.6) is 0 Å². The second-order valence-electron chi connectivity index (χ2n) is 4.41. The first kappa shape index (κ1) is 11.4. The molecule has 0 aromatic carbocycles. The molecule has 1 aliphatic rings. The van der Waals surface area contributed by atoms with Gasteiger partial charge in [-0.3, -0.25) is 9.58 Å². The molecule has 1 aliphatic heterocycles. The van der Waals surface area contributed by atoms with Crippen molar-refractivity contribution >= 4 is 0 Å². The van der Waals surface area contributed by atoms with Crippen molar-refractivity contribution in [3.8, 4) is 11.5 Å². The van der Waals surface area contributed by atoms with Gasteiger partial charge in [0.05, 0.1) is 6.54 Å². The van der Waals surface area contributed by atoms with E-state index in [1.54, 1.807) is 4.68 Å². The highest BCUT2D eigenvalue weighted by atomic mass is 16.5. The Balaban J connectivity index is 1.69. The molecule has 96 valence electrons. The van der Waals surface area contributed by atoms with Crippen molar-refractivity contribution < 1.29 is 4.52 Å². The molecule has 3 rings (SSSR count). The summed E-state index contributed by atoms with van der Waals surface area (Å²) in [4.78, 5) is 6.67. The standard InChI is InChI=1S/C11H16N6O/c1-16-5-2-9(14-16)11-13-10(18-15-11)8-17-6-3-12-4-7-17/h2,5,12H,3-4,6-8H2,1H3. The summed E-state index contributed by atoms with van der Waals surface area (Å²) in [5.41, 5.74) is 0.743. The predicted octanol–water partition coefficient (Wildman–Crippen LogP) is -0.125. The third-order valence-corrected chi connectivity index (χ3v) is 2.98. The van der Waals surface area contributed by atoms with Crippen molar-refractivity contribution in [2.24, 2.45) is 7.05 Å². The van der Waals surface area contributed by atoms with Crippen molar-refractivity contribution in [2.75, 3.05) is 26.2 Å². The molecule has 1 fully saturated rings. The molecule has 0 atom stereocenters. The van der Waals surface area contributed by atoms with Gasteiger partial charge in [-0.25, -0.2) is 0 Å². The van der Waals surface area contributed by atoms with E-state index in [0.29, 0.717) is 18.3 Å². The van der Waals surface area contributed by atoms with Crippen LogP contribution in [0.1, 0.15) is 5.89 Å². The van der Waals surface area contributed by atoms with Gasteiger partial charge in [0.25, 0.3) is 0 Å². The summed E-state index contributed by atoms with van der Waals surface area (Å²) in [5, 5.41) is 11.5. The van der Waals surface area contributed by atoms with Gasteiger partial charge in [0.15, 0.2) is 0 Å². The minimum absolute atomic E-state index is 0.556. The molecule has 18 heavy (non-hydrogen) atoms. The number of nitrogens with zero attached hydrogens (tertiary/aromatic N) is 5. The Bertz CT molecular complexity index is 513. The lowest BCUT2D eigenvalue weighted by Crippen LogP contribution is -2.42. The zero-order chi connectivity index (χ0) is 12.4. The average Bonchev–Trinajstić information content (AvgIpc) is 2.99. The minimum Gasteiger partial charge on any atom is -0.337 e. The summed E-state index contributed by atoms with van der Waals surface area (Å²) in [6.45, 7) is 4.77. The predicted molar refractivity (Wildman–Crippen MR) is 64.6 cm³/mol. The van der Waals surface area contributed by atoms with Gasteiger partial charge in [-0.15, -0.1) is 0 Å². The Morgan fingerprint density at radius 1 is 1.39 bits per heavy atom. The second-order valence-corrected chi connectivity index (χ2v) is 4.41. The monoisotopic (exact) mass is 248 g/mol. The fourth-order valence-electron chi connectivity index (χ4n) is 2.02. The first-order valence-electron chi connectivity index (χ1n) is 6.07. The zero-order valence-corrected chi connectivity index (χ0v) is 10.3. The third kappa shape index (κ3) is 2.41. The topological polar surface area (TPSA) is 72.0 Å². The Kier molecular flexibility index (Phi) is 3.07. The second kappa shape index (κ2) is 4.87. The largest absolute Gasteiger partial charge is 0.337 e. The van der Waals surface area contributed by atoms with Crippen molar-refractivity contribution in [1.82, 2.24) is 30.1 Å². The summed E-state index contributed by atoms with van der Waals surface area (Å²) in [6.07, 6.45) is 1.86. The van der Waals surface area contributed by atoms with Gasteiger partial charge in [-0.05, 0) is 6.07 Å². The molecular formula is C11H16N6O. The number of rotatable bonds is 3. The molecule has 7 nitrogen and oxygen atoms in total. The van der Waals surface area contributed by atoms with Gasteiger partial charge >= 0.3 is 0 Å². The minimum atomic E-state index is 0.556. The molecule has 7 heteroatoms. The average molecular weight is 248 g/mol. The van der Waals surface area contributed by atoms with E-state index in [0.717, 1.165) is 31.9 Å². The molecule has 0 spiro atoms. The van der Waals surface area contributed by atoms with Crippen LogP contribution in [0.3, 0.4) is 0 Å². The SMILES string of the molecule is Cn1ccc(-c2noc(CN3CCNCC3)n2)n1. The van der Waals surface area contributed by atoms with Crippen molar-refractivity contribution in [2.45, 2.75) is 6.54 Å². The molecule has 1 saturated heterocycles. The van der Waals surface area contributed by atoms with Crippen molar-refractivity contribution in [1.29, 1.82) is 0 Å². The smallest absolute Gasteiger partial charge is 0.241 e. The van der Waals surface area contributed by atoms with Gasteiger partial charge in [-0.2, -0.15) is 10.1 Å². The molecule has 0 radical (unpaired) electrons. The summed E-state index contributed by atoms with van der Waals surface area (Å²) in [7, 11) is 1.87. The Morgan fingerprint density at radius 2 is 2.22 bits per heavy atom. The van der Waals surface area contributed by atoms with Gasteiger partial charge in [0, 0.05) is 39.4 Å². The summed E-state index contributed by atoms with van der Waals surface area (Å²) >= 11 is 0. The van der Waals surface area contributed by atoms with Gasteiger partial charge < -0.3 is 9.84 Å². The quantitative estimate of drug-likeness (QED) is 0.816. The van der Waals surface area contributed by atoms with E-state index in [4.69, 9.17) is 4.52 Å². The molecule has 0 saturated carbocycles. The molecular weight excluding hydrogens is 232 g/mol. The number of aryl methyl sites for hydroxylation is 1. The molecule has 0 amide bonds. The van der Waals surface area contributed by atoms with Crippen LogP contribution in [0, 0.1) is 0 Å². The van der Waals surface area contributed by atoms with E-state index in [1.807, 2.05) is 19.3 Å². The van der Waals surface area contributed by atoms with E-state index in [9.17, 15) is 0 Å². The lowest BCUT2D eigenvalue weighted by atomic mass is 10.3. The molecule has 3 heterocycles. The van der Waals surface area contributed by atoms with Crippen LogP contribution in [0.25, 0.3) is 11.5 Å². The van der Waals surface area contributed by atoms with Crippen LogP contribution in [0.2, 0.25) is 0 Å². The molecule has 2 aromatic heterocycles. The number of aromatic nitrogens is 4. The molecule has 0 bridgehead atoms. The normalized spacial score (nSPS) is 17.2. The molecule has 2 aromatic rings. The molecule has 0 unspecified atom stereocenters. The Morgan fingerprint density at radius 3 is 2.94 bits per heavy atom. The molecule has 1 N–H and O–H groups in total. The maximum atomic E-state index is 5.26. The summed E-state index contributed by atoms with van der Waals surface area (Å²) in [6, 6.07) is 1.87. The van der Waals surface area contributed by atoms with Crippen LogP contribution < -0.4 is 5.32 Å². The van der Waals surface area contributed by atoms with E-state index < -0.39 is 0 Å². The number of piperazine rings is 1. The first-order chi connectivity index (χ1) is 8.81. The van der Waals surface area contributed by atoms with Crippen LogP contribution in [-0.4, -0.2) is 51.0 Å².